The van der Waals surface area contributed by atoms with Crippen molar-refractivity contribution in [3.8, 4) is 11.5 Å². The number of aliphatic hydroxyl groups is 1. The molecule has 5 rings (SSSR count). The van der Waals surface area contributed by atoms with E-state index in [9.17, 15) is 9.90 Å². The Balaban J connectivity index is 1.12. The number of hydrogen-bond acceptors (Lipinski definition) is 7. The van der Waals surface area contributed by atoms with Gasteiger partial charge in [0.15, 0.2) is 6.29 Å². The number of carbonyl (C=O) groups is 1. The van der Waals surface area contributed by atoms with Crippen LogP contribution in [0, 0.1) is 0 Å². The molecule has 0 saturated heterocycles. The molecule has 0 heterocycles. The van der Waals surface area contributed by atoms with Gasteiger partial charge in [0.05, 0.1) is 25.4 Å². The highest BCUT2D eigenvalue weighted by atomic mass is 16.6. The van der Waals surface area contributed by atoms with Crippen molar-refractivity contribution in [3.63, 3.8) is 0 Å². The molecule has 2 unspecified atom stereocenters. The van der Waals surface area contributed by atoms with Gasteiger partial charge in [-0.25, -0.2) is 4.79 Å². The van der Waals surface area contributed by atoms with Crippen molar-refractivity contribution in [1.29, 1.82) is 0 Å². The molecule has 2 atom stereocenters. The number of esters is 1. The summed E-state index contributed by atoms with van der Waals surface area (Å²) in [5.74, 6) is 0.995. The molecule has 0 fully saturated rings. The zero-order valence-corrected chi connectivity index (χ0v) is 25.6. The van der Waals surface area contributed by atoms with Crippen LogP contribution < -0.4 is 9.47 Å². The summed E-state index contributed by atoms with van der Waals surface area (Å²) in [4.78, 5) is 12.6. The van der Waals surface area contributed by atoms with Crippen LogP contribution >= 0.6 is 0 Å². The van der Waals surface area contributed by atoms with Crippen LogP contribution in [0.3, 0.4) is 0 Å². The smallest absolute Gasteiger partial charge is 0.338 e. The molecule has 7 nitrogen and oxygen atoms in total. The van der Waals surface area contributed by atoms with Crippen molar-refractivity contribution in [1.82, 2.24) is 0 Å². The first kappa shape index (κ1) is 32.4. The predicted octanol–water partition coefficient (Wildman–Crippen LogP) is 7.34. The van der Waals surface area contributed by atoms with E-state index in [0.717, 1.165) is 23.3 Å². The SMILES string of the molecule is O=C(OCC(COC(O)c1ccc(OCCc2ccccc2)cc1)OCc1ccc(OCc2ccccc2)cc1)c1ccccc1. The Morgan fingerprint density at radius 2 is 1.13 bits per heavy atom. The van der Waals surface area contributed by atoms with Crippen LogP contribution in [-0.4, -0.2) is 37.0 Å². The Morgan fingerprint density at radius 1 is 0.565 bits per heavy atom. The van der Waals surface area contributed by atoms with Gasteiger partial charge in [-0.2, -0.15) is 0 Å². The lowest BCUT2D eigenvalue weighted by Crippen LogP contribution is -2.28. The van der Waals surface area contributed by atoms with Gasteiger partial charge in [-0.05, 0) is 53.1 Å². The van der Waals surface area contributed by atoms with Gasteiger partial charge in [-0.15, -0.1) is 0 Å². The fourth-order valence-electron chi connectivity index (χ4n) is 4.56. The van der Waals surface area contributed by atoms with Gasteiger partial charge in [0, 0.05) is 12.0 Å². The fourth-order valence-corrected chi connectivity index (χ4v) is 4.56. The summed E-state index contributed by atoms with van der Waals surface area (Å²) in [6.45, 7) is 1.23. The summed E-state index contributed by atoms with van der Waals surface area (Å²) in [5.41, 5.74) is 4.22. The van der Waals surface area contributed by atoms with Gasteiger partial charge in [0.2, 0.25) is 0 Å². The van der Waals surface area contributed by atoms with E-state index in [4.69, 9.17) is 23.7 Å². The standard InChI is InChI=1S/C39H38O7/c40-38(33-14-8-3-9-15-33)45-28-37(44-27-32-16-20-36(21-17-32)43-26-31-12-6-2-7-13-31)29-46-39(41)34-18-22-35(23-19-34)42-25-24-30-10-4-1-5-11-30/h1-23,37,39,41H,24-29H2. The molecule has 0 bridgehead atoms. The minimum Gasteiger partial charge on any atom is -0.493 e. The molecule has 0 amide bonds. The Hall–Kier alpha value is -4.95. The molecule has 5 aromatic carbocycles. The van der Waals surface area contributed by atoms with Crippen LogP contribution in [0.5, 0.6) is 11.5 Å². The third-order valence-corrected chi connectivity index (χ3v) is 7.17. The second-order valence-corrected chi connectivity index (χ2v) is 10.7. The molecule has 46 heavy (non-hydrogen) atoms. The van der Waals surface area contributed by atoms with Gasteiger partial charge in [-0.1, -0.05) is 103 Å². The van der Waals surface area contributed by atoms with Crippen LogP contribution in [0.25, 0.3) is 0 Å². The molecule has 0 aromatic heterocycles. The normalized spacial score (nSPS) is 12.2. The topological polar surface area (TPSA) is 83.5 Å². The number of benzene rings is 5. The average Bonchev–Trinajstić information content (AvgIpc) is 3.12. The summed E-state index contributed by atoms with van der Waals surface area (Å²) < 4.78 is 29.1. The second kappa shape index (κ2) is 17.5. The first-order valence-electron chi connectivity index (χ1n) is 15.3. The summed E-state index contributed by atoms with van der Waals surface area (Å²) in [7, 11) is 0. The van der Waals surface area contributed by atoms with Crippen LogP contribution in [0.2, 0.25) is 0 Å². The van der Waals surface area contributed by atoms with E-state index in [-0.39, 0.29) is 19.8 Å². The van der Waals surface area contributed by atoms with Gasteiger partial charge < -0.3 is 28.8 Å². The molecular weight excluding hydrogens is 580 g/mol. The summed E-state index contributed by atoms with van der Waals surface area (Å²) in [6.07, 6.45) is -1.02. The Bertz CT molecular complexity index is 1580. The van der Waals surface area contributed by atoms with Crippen molar-refractivity contribution in [2.45, 2.75) is 32.0 Å². The molecule has 0 spiro atoms. The lowest BCUT2D eigenvalue weighted by Gasteiger charge is -2.21. The molecule has 0 aliphatic heterocycles. The first-order valence-corrected chi connectivity index (χ1v) is 15.3. The van der Waals surface area contributed by atoms with E-state index < -0.39 is 18.4 Å². The van der Waals surface area contributed by atoms with Crippen LogP contribution in [-0.2, 0) is 33.8 Å². The van der Waals surface area contributed by atoms with Crippen LogP contribution in [0.4, 0.5) is 0 Å². The highest BCUT2D eigenvalue weighted by Crippen LogP contribution is 2.21. The molecule has 0 radical (unpaired) electrons. The number of carbonyl (C=O) groups excluding carboxylic acids is 1. The fraction of sp³-hybridized carbons (Fsp3) is 0.205. The van der Waals surface area contributed by atoms with E-state index >= 15 is 0 Å². The lowest BCUT2D eigenvalue weighted by atomic mass is 10.2. The van der Waals surface area contributed by atoms with Gasteiger partial charge >= 0.3 is 5.97 Å². The third kappa shape index (κ3) is 10.6. The maximum absolute atomic E-state index is 12.6. The van der Waals surface area contributed by atoms with Crippen molar-refractivity contribution >= 4 is 5.97 Å². The number of ether oxygens (including phenoxy) is 5. The maximum Gasteiger partial charge on any atom is 0.338 e. The van der Waals surface area contributed by atoms with E-state index in [1.54, 1.807) is 48.5 Å². The number of aliphatic hydroxyl groups excluding tert-OH is 1. The first-order chi connectivity index (χ1) is 22.6. The van der Waals surface area contributed by atoms with Crippen molar-refractivity contribution in [2.24, 2.45) is 0 Å². The quantitative estimate of drug-likeness (QED) is 0.0863. The average molecular weight is 619 g/mol. The van der Waals surface area contributed by atoms with Gasteiger partial charge in [0.25, 0.3) is 0 Å². The molecule has 1 N–H and O–H groups in total. The Kier molecular flexibility index (Phi) is 12.4. The zero-order chi connectivity index (χ0) is 31.8. The van der Waals surface area contributed by atoms with E-state index in [2.05, 4.69) is 12.1 Å². The number of rotatable bonds is 17. The molecule has 7 heteroatoms. The molecule has 236 valence electrons. The zero-order valence-electron chi connectivity index (χ0n) is 25.6. The van der Waals surface area contributed by atoms with Crippen LogP contribution in [0.15, 0.2) is 140 Å². The Labute approximate surface area is 269 Å². The Morgan fingerprint density at radius 3 is 1.80 bits per heavy atom. The largest absolute Gasteiger partial charge is 0.493 e. The monoisotopic (exact) mass is 618 g/mol. The molecule has 0 aliphatic carbocycles. The minimum absolute atomic E-state index is 0.00314. The van der Waals surface area contributed by atoms with Gasteiger partial charge in [0.1, 0.15) is 30.8 Å². The summed E-state index contributed by atoms with van der Waals surface area (Å²) in [5, 5.41) is 10.7. The van der Waals surface area contributed by atoms with Crippen molar-refractivity contribution in [2.75, 3.05) is 19.8 Å². The van der Waals surface area contributed by atoms with Crippen LogP contribution in [0.1, 0.15) is 38.9 Å². The lowest BCUT2D eigenvalue weighted by molar-refractivity contribution is -0.143. The molecule has 0 aliphatic rings. The van der Waals surface area contributed by atoms with Gasteiger partial charge in [-0.3, -0.25) is 0 Å². The molecule has 5 aromatic rings. The van der Waals surface area contributed by atoms with Crippen molar-refractivity contribution < 1.29 is 33.6 Å². The highest BCUT2D eigenvalue weighted by Gasteiger charge is 2.18. The summed E-state index contributed by atoms with van der Waals surface area (Å²) >= 11 is 0. The van der Waals surface area contributed by atoms with Crippen molar-refractivity contribution in [3.05, 3.63) is 167 Å². The minimum atomic E-state index is -1.20. The molecule has 0 saturated carbocycles. The second-order valence-electron chi connectivity index (χ2n) is 10.7. The van der Waals surface area contributed by atoms with E-state index in [0.29, 0.717) is 30.1 Å². The summed E-state index contributed by atoms with van der Waals surface area (Å²) in [6, 6.07) is 43.6. The van der Waals surface area contributed by atoms with E-state index in [1.807, 2.05) is 78.9 Å². The maximum atomic E-state index is 12.6. The van der Waals surface area contributed by atoms with E-state index in [1.165, 1.54) is 5.56 Å². The highest BCUT2D eigenvalue weighted by molar-refractivity contribution is 5.89. The third-order valence-electron chi connectivity index (χ3n) is 7.17. The number of hydrogen-bond donors (Lipinski definition) is 1. The molecular formula is C39H38O7. The predicted molar refractivity (Wildman–Crippen MR) is 176 cm³/mol.